The van der Waals surface area contributed by atoms with E-state index in [1.807, 2.05) is 32.0 Å². The molecule has 0 saturated heterocycles. The van der Waals surface area contributed by atoms with Crippen LogP contribution in [0.15, 0.2) is 46.3 Å². The summed E-state index contributed by atoms with van der Waals surface area (Å²) in [5.41, 5.74) is 6.17. The highest BCUT2D eigenvalue weighted by Gasteiger charge is 2.17. The van der Waals surface area contributed by atoms with Crippen molar-refractivity contribution < 1.29 is 15.0 Å². The van der Waals surface area contributed by atoms with Gasteiger partial charge in [-0.15, -0.1) is 0 Å². The Labute approximate surface area is 167 Å². The van der Waals surface area contributed by atoms with Crippen LogP contribution >= 0.6 is 0 Å². The van der Waals surface area contributed by atoms with Gasteiger partial charge in [0.2, 0.25) is 0 Å². The zero-order valence-electron chi connectivity index (χ0n) is 16.6. The summed E-state index contributed by atoms with van der Waals surface area (Å²) in [7, 11) is 0. The first-order valence-corrected chi connectivity index (χ1v) is 8.95. The number of nitrogens with zero attached hydrogens (tertiary/aromatic N) is 2. The highest BCUT2D eigenvalue weighted by atomic mass is 16.3. The van der Waals surface area contributed by atoms with E-state index in [2.05, 4.69) is 15.6 Å². The molecule has 0 fully saturated rings. The summed E-state index contributed by atoms with van der Waals surface area (Å²) < 4.78 is 1.43. The van der Waals surface area contributed by atoms with Gasteiger partial charge in [0.15, 0.2) is 0 Å². The number of phenolic OH excluding ortho intramolecular Hbond substituents is 2. The van der Waals surface area contributed by atoms with Crippen molar-refractivity contribution in [3.8, 4) is 17.2 Å². The molecular formula is C21H22N4O4. The van der Waals surface area contributed by atoms with Crippen molar-refractivity contribution in [1.82, 2.24) is 15.2 Å². The molecular weight excluding hydrogens is 372 g/mol. The zero-order valence-corrected chi connectivity index (χ0v) is 16.6. The Hall–Kier alpha value is -3.81. The molecule has 0 saturated carbocycles. The van der Waals surface area contributed by atoms with Gasteiger partial charge in [0.25, 0.3) is 11.5 Å². The van der Waals surface area contributed by atoms with E-state index in [9.17, 15) is 19.8 Å². The fraction of sp³-hybridized carbons (Fsp3) is 0.190. The molecule has 150 valence electrons. The van der Waals surface area contributed by atoms with Crippen LogP contribution in [0.4, 0.5) is 0 Å². The van der Waals surface area contributed by atoms with Crippen LogP contribution in [0.25, 0.3) is 5.69 Å². The third-order valence-electron chi connectivity index (χ3n) is 4.73. The molecule has 0 unspecified atom stereocenters. The average molecular weight is 394 g/mol. The maximum Gasteiger partial charge on any atom is 0.280 e. The highest BCUT2D eigenvalue weighted by Crippen LogP contribution is 2.22. The smallest absolute Gasteiger partial charge is 0.280 e. The Kier molecular flexibility index (Phi) is 5.27. The molecule has 3 rings (SSSR count). The molecule has 4 N–H and O–H groups in total. The molecule has 0 aliphatic heterocycles. The number of nitrogens with one attached hydrogen (secondary N) is 2. The fourth-order valence-electron chi connectivity index (χ4n) is 2.98. The Morgan fingerprint density at radius 3 is 2.45 bits per heavy atom. The number of carbonyl (C=O) groups excluding carboxylic acids is 1. The van der Waals surface area contributed by atoms with E-state index in [1.54, 1.807) is 13.8 Å². The second kappa shape index (κ2) is 7.67. The van der Waals surface area contributed by atoms with Gasteiger partial charge in [-0.2, -0.15) is 5.10 Å². The van der Waals surface area contributed by atoms with Crippen LogP contribution in [-0.2, 0) is 0 Å². The monoisotopic (exact) mass is 394 g/mol. The molecule has 0 aliphatic carbocycles. The zero-order chi connectivity index (χ0) is 21.3. The third-order valence-corrected chi connectivity index (χ3v) is 4.73. The second-order valence-electron chi connectivity index (χ2n) is 6.86. The molecule has 29 heavy (non-hydrogen) atoms. The quantitative estimate of drug-likeness (QED) is 0.402. The maximum atomic E-state index is 12.9. The number of carbonyl (C=O) groups is 1. The number of amides is 1. The second-order valence-corrected chi connectivity index (χ2v) is 6.86. The SMILES string of the molecule is CC(=NNC(=O)c1ccc(O)cc1O)c1c(C)[nH]n(-c2ccc(C)c(C)c2)c1=O. The first-order valence-electron chi connectivity index (χ1n) is 8.95. The third kappa shape index (κ3) is 3.91. The Morgan fingerprint density at radius 2 is 1.79 bits per heavy atom. The number of benzene rings is 2. The van der Waals surface area contributed by atoms with Gasteiger partial charge in [-0.05, 0) is 63.1 Å². The van der Waals surface area contributed by atoms with Crippen LogP contribution in [0.5, 0.6) is 11.5 Å². The Bertz CT molecular complexity index is 1190. The van der Waals surface area contributed by atoms with Crippen molar-refractivity contribution in [2.45, 2.75) is 27.7 Å². The first-order chi connectivity index (χ1) is 13.7. The molecule has 0 radical (unpaired) electrons. The van der Waals surface area contributed by atoms with Crippen LogP contribution in [0.1, 0.15) is 39.7 Å². The van der Waals surface area contributed by atoms with Crippen LogP contribution in [0.2, 0.25) is 0 Å². The summed E-state index contributed by atoms with van der Waals surface area (Å²) in [6.07, 6.45) is 0. The van der Waals surface area contributed by atoms with Crippen molar-refractivity contribution in [1.29, 1.82) is 0 Å². The lowest BCUT2D eigenvalue weighted by Gasteiger charge is -2.05. The summed E-state index contributed by atoms with van der Waals surface area (Å²) in [5.74, 6) is -1.19. The molecule has 1 amide bonds. The molecule has 8 nitrogen and oxygen atoms in total. The van der Waals surface area contributed by atoms with Crippen LogP contribution in [-0.4, -0.2) is 31.6 Å². The number of hydrogen-bond donors (Lipinski definition) is 4. The molecule has 0 spiro atoms. The van der Waals surface area contributed by atoms with Crippen molar-refractivity contribution >= 4 is 11.6 Å². The van der Waals surface area contributed by atoms with E-state index < -0.39 is 5.91 Å². The highest BCUT2D eigenvalue weighted by molar-refractivity contribution is 6.02. The van der Waals surface area contributed by atoms with Crippen LogP contribution in [0.3, 0.4) is 0 Å². The number of aromatic hydroxyl groups is 2. The first kappa shape index (κ1) is 19.9. The molecule has 2 aromatic carbocycles. The molecule has 0 aliphatic rings. The molecule has 8 heteroatoms. The van der Waals surface area contributed by atoms with E-state index in [1.165, 1.54) is 16.8 Å². The number of H-pyrrole nitrogens is 1. The van der Waals surface area contributed by atoms with Gasteiger partial charge < -0.3 is 10.2 Å². The Morgan fingerprint density at radius 1 is 1.07 bits per heavy atom. The van der Waals surface area contributed by atoms with Crippen LogP contribution in [0, 0.1) is 20.8 Å². The number of aromatic nitrogens is 2. The predicted octanol–water partition coefficient (Wildman–Crippen LogP) is 2.66. The molecule has 0 atom stereocenters. The van der Waals surface area contributed by atoms with Gasteiger partial charge in [0.05, 0.1) is 22.5 Å². The van der Waals surface area contributed by atoms with E-state index >= 15 is 0 Å². The Balaban J connectivity index is 1.90. The van der Waals surface area contributed by atoms with E-state index in [-0.39, 0.29) is 22.6 Å². The number of aryl methyl sites for hydroxylation is 3. The lowest BCUT2D eigenvalue weighted by molar-refractivity contribution is 0.0952. The van der Waals surface area contributed by atoms with Crippen molar-refractivity contribution in [2.75, 3.05) is 0 Å². The van der Waals surface area contributed by atoms with Crippen LogP contribution < -0.4 is 11.0 Å². The van der Waals surface area contributed by atoms with E-state index in [4.69, 9.17) is 0 Å². The van der Waals surface area contributed by atoms with Gasteiger partial charge in [-0.1, -0.05) is 6.07 Å². The predicted molar refractivity (Wildman–Crippen MR) is 110 cm³/mol. The van der Waals surface area contributed by atoms with Gasteiger partial charge in [-0.3, -0.25) is 14.7 Å². The minimum absolute atomic E-state index is 0.0438. The molecule has 1 heterocycles. The lowest BCUT2D eigenvalue weighted by atomic mass is 10.1. The molecule has 1 aromatic heterocycles. The minimum Gasteiger partial charge on any atom is -0.508 e. The summed E-state index contributed by atoms with van der Waals surface area (Å²) in [4.78, 5) is 25.1. The number of rotatable bonds is 4. The summed E-state index contributed by atoms with van der Waals surface area (Å²) in [6.45, 7) is 7.33. The fourth-order valence-corrected chi connectivity index (χ4v) is 2.98. The number of hydrazone groups is 1. The number of phenols is 2. The van der Waals surface area contributed by atoms with Crippen molar-refractivity contribution in [3.63, 3.8) is 0 Å². The van der Waals surface area contributed by atoms with Gasteiger partial charge in [0.1, 0.15) is 11.5 Å². The topological polar surface area (TPSA) is 120 Å². The average Bonchev–Trinajstić information content (AvgIpc) is 2.96. The summed E-state index contributed by atoms with van der Waals surface area (Å²) in [6, 6.07) is 9.33. The van der Waals surface area contributed by atoms with Gasteiger partial charge in [0, 0.05) is 11.8 Å². The van der Waals surface area contributed by atoms with Gasteiger partial charge >= 0.3 is 0 Å². The lowest BCUT2D eigenvalue weighted by Crippen LogP contribution is -2.23. The maximum absolute atomic E-state index is 12.9. The number of aromatic amines is 1. The van der Waals surface area contributed by atoms with Crippen molar-refractivity contribution in [3.05, 3.63) is 74.7 Å². The van der Waals surface area contributed by atoms with Crippen molar-refractivity contribution in [2.24, 2.45) is 5.10 Å². The summed E-state index contributed by atoms with van der Waals surface area (Å²) in [5, 5.41) is 26.1. The minimum atomic E-state index is -0.662. The molecule has 3 aromatic rings. The largest absolute Gasteiger partial charge is 0.508 e. The number of hydrogen-bond acceptors (Lipinski definition) is 5. The van der Waals surface area contributed by atoms with Gasteiger partial charge in [-0.25, -0.2) is 10.1 Å². The van der Waals surface area contributed by atoms with E-state index in [0.29, 0.717) is 22.7 Å². The summed E-state index contributed by atoms with van der Waals surface area (Å²) >= 11 is 0. The standard InChI is InChI=1S/C21H22N4O4/c1-11-5-6-15(9-12(11)2)25-21(29)19(14(4)24-25)13(3)22-23-20(28)17-8-7-16(26)10-18(17)27/h5-10,24,26-27H,1-4H3,(H,23,28). The normalized spacial score (nSPS) is 11.5. The molecule has 0 bridgehead atoms. The van der Waals surface area contributed by atoms with E-state index in [0.717, 1.165) is 17.2 Å².